The quantitative estimate of drug-likeness (QED) is 0.777. The highest BCUT2D eigenvalue weighted by Crippen LogP contribution is 2.19. The van der Waals surface area contributed by atoms with Crippen molar-refractivity contribution in [1.82, 2.24) is 9.97 Å². The van der Waals surface area contributed by atoms with E-state index in [1.165, 1.54) is 11.3 Å². The van der Waals surface area contributed by atoms with Crippen LogP contribution in [0.5, 0.6) is 0 Å². The van der Waals surface area contributed by atoms with Gasteiger partial charge in [-0.05, 0) is 19.1 Å². The maximum absolute atomic E-state index is 12.3. The van der Waals surface area contributed by atoms with Gasteiger partial charge in [0.15, 0.2) is 5.13 Å². The third-order valence-electron chi connectivity index (χ3n) is 2.72. The SMILES string of the molecule is Cc1csc(NC(=O)c2cccc3cccnc23)n1. The molecule has 1 amide bonds. The number of fused-ring (bicyclic) bond motifs is 1. The number of aryl methyl sites for hydroxylation is 1. The Balaban J connectivity index is 1.97. The smallest absolute Gasteiger partial charge is 0.259 e. The first-order valence-corrected chi connectivity index (χ1v) is 6.69. The summed E-state index contributed by atoms with van der Waals surface area (Å²) < 4.78 is 0. The molecule has 4 nitrogen and oxygen atoms in total. The Bertz CT molecular complexity index is 746. The van der Waals surface area contributed by atoms with Crippen molar-refractivity contribution in [3.05, 3.63) is 53.2 Å². The van der Waals surface area contributed by atoms with Gasteiger partial charge in [0.05, 0.1) is 16.8 Å². The van der Waals surface area contributed by atoms with Gasteiger partial charge in [0.1, 0.15) is 0 Å². The van der Waals surface area contributed by atoms with E-state index in [4.69, 9.17) is 0 Å². The number of pyridine rings is 1. The first-order valence-electron chi connectivity index (χ1n) is 5.81. The van der Waals surface area contributed by atoms with Crippen molar-refractivity contribution in [2.45, 2.75) is 6.92 Å². The zero-order valence-corrected chi connectivity index (χ0v) is 11.1. The Morgan fingerprint density at radius 3 is 2.89 bits per heavy atom. The third-order valence-corrected chi connectivity index (χ3v) is 3.59. The molecule has 2 aromatic heterocycles. The number of nitrogens with one attached hydrogen (secondary N) is 1. The highest BCUT2D eigenvalue weighted by atomic mass is 32.1. The van der Waals surface area contributed by atoms with Gasteiger partial charge in [0.25, 0.3) is 5.91 Å². The number of amides is 1. The van der Waals surface area contributed by atoms with E-state index < -0.39 is 0 Å². The molecule has 19 heavy (non-hydrogen) atoms. The van der Waals surface area contributed by atoms with Crippen molar-refractivity contribution >= 4 is 33.3 Å². The Kier molecular flexibility index (Phi) is 2.97. The summed E-state index contributed by atoms with van der Waals surface area (Å²) in [6, 6.07) is 9.35. The third kappa shape index (κ3) is 2.32. The largest absolute Gasteiger partial charge is 0.298 e. The molecule has 1 N–H and O–H groups in total. The zero-order chi connectivity index (χ0) is 13.2. The maximum Gasteiger partial charge on any atom is 0.259 e. The number of thiazole rings is 1. The standard InChI is InChI=1S/C14H11N3OS/c1-9-8-19-14(16-9)17-13(18)11-6-2-4-10-5-3-7-15-12(10)11/h2-8H,1H3,(H,16,17,18). The molecule has 3 rings (SSSR count). The van der Waals surface area contributed by atoms with Crippen molar-refractivity contribution in [1.29, 1.82) is 0 Å². The fraction of sp³-hybridized carbons (Fsp3) is 0.0714. The zero-order valence-electron chi connectivity index (χ0n) is 10.3. The van der Waals surface area contributed by atoms with Crippen LogP contribution in [0.1, 0.15) is 16.1 Å². The van der Waals surface area contributed by atoms with Crippen molar-refractivity contribution in [3.63, 3.8) is 0 Å². The van der Waals surface area contributed by atoms with Gasteiger partial charge in [0.2, 0.25) is 0 Å². The molecule has 0 unspecified atom stereocenters. The first-order chi connectivity index (χ1) is 9.24. The molecule has 5 heteroatoms. The fourth-order valence-corrected chi connectivity index (χ4v) is 2.55. The van der Waals surface area contributed by atoms with E-state index >= 15 is 0 Å². The highest BCUT2D eigenvalue weighted by Gasteiger charge is 2.12. The van der Waals surface area contributed by atoms with Gasteiger partial charge in [-0.1, -0.05) is 18.2 Å². The molecule has 0 spiro atoms. The number of aromatic nitrogens is 2. The van der Waals surface area contributed by atoms with E-state index in [1.54, 1.807) is 12.3 Å². The second kappa shape index (κ2) is 4.78. The van der Waals surface area contributed by atoms with Crippen LogP contribution in [0.25, 0.3) is 10.9 Å². The molecule has 0 aliphatic rings. The minimum Gasteiger partial charge on any atom is -0.298 e. The lowest BCUT2D eigenvalue weighted by atomic mass is 10.1. The molecule has 0 saturated heterocycles. The minimum absolute atomic E-state index is 0.182. The molecule has 0 fully saturated rings. The average Bonchev–Trinajstić information content (AvgIpc) is 2.83. The maximum atomic E-state index is 12.3. The summed E-state index contributed by atoms with van der Waals surface area (Å²) >= 11 is 1.41. The normalized spacial score (nSPS) is 10.6. The van der Waals surface area contributed by atoms with E-state index in [1.807, 2.05) is 36.6 Å². The summed E-state index contributed by atoms with van der Waals surface area (Å²) in [5.41, 5.74) is 2.16. The lowest BCUT2D eigenvalue weighted by Gasteiger charge is -2.04. The van der Waals surface area contributed by atoms with Gasteiger partial charge < -0.3 is 0 Å². The second-order valence-electron chi connectivity index (χ2n) is 4.13. The molecule has 0 aliphatic carbocycles. The summed E-state index contributed by atoms with van der Waals surface area (Å²) in [7, 11) is 0. The molecular weight excluding hydrogens is 258 g/mol. The van der Waals surface area contributed by atoms with Gasteiger partial charge in [0, 0.05) is 17.0 Å². The number of carbonyl (C=O) groups excluding carboxylic acids is 1. The summed E-state index contributed by atoms with van der Waals surface area (Å²) in [4.78, 5) is 20.7. The van der Waals surface area contributed by atoms with Gasteiger partial charge in [-0.2, -0.15) is 0 Å². The number of para-hydroxylation sites is 1. The van der Waals surface area contributed by atoms with Gasteiger partial charge in [-0.15, -0.1) is 11.3 Å². The Morgan fingerprint density at radius 2 is 2.11 bits per heavy atom. The summed E-state index contributed by atoms with van der Waals surface area (Å²) in [5, 5.41) is 6.26. The van der Waals surface area contributed by atoms with Crippen LogP contribution in [0.3, 0.4) is 0 Å². The van der Waals surface area contributed by atoms with Crippen LogP contribution in [0.4, 0.5) is 5.13 Å². The molecule has 94 valence electrons. The van der Waals surface area contributed by atoms with E-state index in [9.17, 15) is 4.79 Å². The van der Waals surface area contributed by atoms with Crippen molar-refractivity contribution in [3.8, 4) is 0 Å². The van der Waals surface area contributed by atoms with Crippen molar-refractivity contribution in [2.24, 2.45) is 0 Å². The number of rotatable bonds is 2. The van der Waals surface area contributed by atoms with Crippen LogP contribution in [0, 0.1) is 6.92 Å². The van der Waals surface area contributed by atoms with Gasteiger partial charge in [-0.25, -0.2) is 4.98 Å². The molecule has 1 aromatic carbocycles. The van der Waals surface area contributed by atoms with Crippen LogP contribution in [-0.4, -0.2) is 15.9 Å². The van der Waals surface area contributed by atoms with E-state index in [2.05, 4.69) is 15.3 Å². The van der Waals surface area contributed by atoms with Crippen LogP contribution in [-0.2, 0) is 0 Å². The van der Waals surface area contributed by atoms with E-state index in [0.29, 0.717) is 16.2 Å². The lowest BCUT2D eigenvalue weighted by Crippen LogP contribution is -2.12. The number of hydrogen-bond donors (Lipinski definition) is 1. The molecule has 0 saturated carbocycles. The number of carbonyl (C=O) groups is 1. The van der Waals surface area contributed by atoms with Gasteiger partial charge in [-0.3, -0.25) is 15.1 Å². The molecule has 0 atom stereocenters. The predicted molar refractivity (Wildman–Crippen MR) is 76.5 cm³/mol. The number of hydrogen-bond acceptors (Lipinski definition) is 4. The van der Waals surface area contributed by atoms with Crippen LogP contribution < -0.4 is 5.32 Å². The van der Waals surface area contributed by atoms with Crippen molar-refractivity contribution < 1.29 is 4.79 Å². The van der Waals surface area contributed by atoms with Gasteiger partial charge >= 0.3 is 0 Å². The molecule has 0 bridgehead atoms. The monoisotopic (exact) mass is 269 g/mol. The Hall–Kier alpha value is -2.27. The van der Waals surface area contributed by atoms with E-state index in [0.717, 1.165) is 11.1 Å². The Labute approximate surface area is 114 Å². The summed E-state index contributed by atoms with van der Waals surface area (Å²) in [6.07, 6.45) is 1.69. The van der Waals surface area contributed by atoms with E-state index in [-0.39, 0.29) is 5.91 Å². The second-order valence-corrected chi connectivity index (χ2v) is 4.99. The number of anilines is 1. The Morgan fingerprint density at radius 1 is 1.26 bits per heavy atom. The molecule has 0 aliphatic heterocycles. The van der Waals surface area contributed by atoms with Crippen LogP contribution in [0.2, 0.25) is 0 Å². The summed E-state index contributed by atoms with van der Waals surface area (Å²) in [5.74, 6) is -0.182. The molecule has 0 radical (unpaired) electrons. The number of benzene rings is 1. The van der Waals surface area contributed by atoms with Crippen molar-refractivity contribution in [2.75, 3.05) is 5.32 Å². The number of nitrogens with zero attached hydrogens (tertiary/aromatic N) is 2. The van der Waals surface area contributed by atoms with Crippen LogP contribution >= 0.6 is 11.3 Å². The minimum atomic E-state index is -0.182. The predicted octanol–water partition coefficient (Wildman–Crippen LogP) is 3.25. The van der Waals surface area contributed by atoms with Crippen LogP contribution in [0.15, 0.2) is 41.9 Å². The fourth-order valence-electron chi connectivity index (χ4n) is 1.86. The molecule has 2 heterocycles. The average molecular weight is 269 g/mol. The lowest BCUT2D eigenvalue weighted by molar-refractivity contribution is 0.102. The summed E-state index contributed by atoms with van der Waals surface area (Å²) in [6.45, 7) is 1.89. The topological polar surface area (TPSA) is 54.9 Å². The molecular formula is C14H11N3OS. The molecule has 3 aromatic rings. The highest BCUT2D eigenvalue weighted by molar-refractivity contribution is 7.13. The first kappa shape index (κ1) is 11.8.